The van der Waals surface area contributed by atoms with Crippen LogP contribution in [-0.4, -0.2) is 66.5 Å². The molecule has 29 heavy (non-hydrogen) atoms. The molecule has 0 bridgehead atoms. The number of nitrogen functional groups attached to an aromatic ring is 2. The molecule has 1 heterocycles. The first kappa shape index (κ1) is 22.4. The van der Waals surface area contributed by atoms with Gasteiger partial charge in [-0.2, -0.15) is 0 Å². The van der Waals surface area contributed by atoms with Crippen LogP contribution in [0.15, 0.2) is 30.3 Å². The van der Waals surface area contributed by atoms with Gasteiger partial charge in [-0.3, -0.25) is 9.59 Å². The highest BCUT2D eigenvalue weighted by Crippen LogP contribution is 2.17. The molecular formula is C19H27ClN7O2+. The van der Waals surface area contributed by atoms with Crippen LogP contribution in [0.4, 0.5) is 11.6 Å². The second-order valence-electron chi connectivity index (χ2n) is 7.28. The largest absolute Gasteiger partial charge is 0.382 e. The molecule has 10 heteroatoms. The van der Waals surface area contributed by atoms with Crippen molar-refractivity contribution in [1.29, 1.82) is 0 Å². The second kappa shape index (κ2) is 10.0. The van der Waals surface area contributed by atoms with Gasteiger partial charge in [0.05, 0.1) is 46.7 Å². The molecule has 2 aromatic rings. The van der Waals surface area contributed by atoms with Crippen molar-refractivity contribution in [3.63, 3.8) is 0 Å². The molecule has 156 valence electrons. The Bertz CT molecular complexity index is 859. The van der Waals surface area contributed by atoms with Gasteiger partial charge in [0.1, 0.15) is 0 Å². The zero-order chi connectivity index (χ0) is 21.4. The molecule has 2 rings (SSSR count). The van der Waals surface area contributed by atoms with Gasteiger partial charge in [-0.25, -0.2) is 9.97 Å². The molecule has 0 aliphatic heterocycles. The fraction of sp³-hybridized carbons (Fsp3) is 0.368. The number of hydrogen-bond acceptors (Lipinski definition) is 6. The Balaban J connectivity index is 1.73. The smallest absolute Gasteiger partial charge is 0.273 e. The number of carbonyl (C=O) groups is 2. The lowest BCUT2D eigenvalue weighted by Gasteiger charge is -2.30. The number of amides is 2. The maximum absolute atomic E-state index is 12.2. The van der Waals surface area contributed by atoms with Gasteiger partial charge in [-0.05, 0) is 5.56 Å². The van der Waals surface area contributed by atoms with Crippen LogP contribution < -0.4 is 22.1 Å². The lowest BCUT2D eigenvalue weighted by molar-refractivity contribution is -0.887. The zero-order valence-electron chi connectivity index (χ0n) is 16.6. The number of carbonyl (C=O) groups excluding carboxylic acids is 2. The first-order valence-electron chi connectivity index (χ1n) is 9.17. The summed E-state index contributed by atoms with van der Waals surface area (Å²) < 4.78 is 0.607. The molecule has 0 saturated carbocycles. The van der Waals surface area contributed by atoms with E-state index < -0.39 is 5.91 Å². The number of likely N-dealkylation sites (N-methyl/N-ethyl adjacent to an activating group) is 1. The van der Waals surface area contributed by atoms with Gasteiger partial charge in [-0.1, -0.05) is 41.9 Å². The van der Waals surface area contributed by atoms with E-state index in [1.54, 1.807) is 0 Å². The fourth-order valence-corrected chi connectivity index (χ4v) is 2.74. The van der Waals surface area contributed by atoms with Gasteiger partial charge in [0.15, 0.2) is 22.5 Å². The molecule has 0 saturated heterocycles. The third-order valence-electron chi connectivity index (χ3n) is 4.37. The highest BCUT2D eigenvalue weighted by Gasteiger charge is 2.19. The molecule has 0 aliphatic carbocycles. The van der Waals surface area contributed by atoms with Gasteiger partial charge < -0.3 is 26.6 Å². The maximum atomic E-state index is 12.2. The van der Waals surface area contributed by atoms with E-state index in [0.29, 0.717) is 37.1 Å². The summed E-state index contributed by atoms with van der Waals surface area (Å²) in [4.78, 5) is 31.9. The molecule has 0 fully saturated rings. The van der Waals surface area contributed by atoms with Crippen molar-refractivity contribution >= 4 is 35.1 Å². The molecule has 0 unspecified atom stereocenters. The van der Waals surface area contributed by atoms with Gasteiger partial charge in [0.2, 0.25) is 5.91 Å². The van der Waals surface area contributed by atoms with E-state index in [9.17, 15) is 9.59 Å². The van der Waals surface area contributed by atoms with Crippen molar-refractivity contribution in [2.24, 2.45) is 0 Å². The summed E-state index contributed by atoms with van der Waals surface area (Å²) in [5.74, 6) is -0.570. The van der Waals surface area contributed by atoms with Crippen molar-refractivity contribution in [3.05, 3.63) is 46.7 Å². The van der Waals surface area contributed by atoms with Crippen LogP contribution in [0.3, 0.4) is 0 Å². The molecule has 9 nitrogen and oxygen atoms in total. The van der Waals surface area contributed by atoms with E-state index in [1.807, 2.05) is 44.4 Å². The van der Waals surface area contributed by atoms with Crippen LogP contribution in [0.1, 0.15) is 16.1 Å². The van der Waals surface area contributed by atoms with E-state index in [4.69, 9.17) is 23.1 Å². The number of rotatable bonds is 9. The predicted octanol–water partition coefficient (Wildman–Crippen LogP) is 0.460. The minimum atomic E-state index is -0.465. The summed E-state index contributed by atoms with van der Waals surface area (Å²) in [6.07, 6.45) is 0.358. The van der Waals surface area contributed by atoms with E-state index in [-0.39, 0.29) is 28.4 Å². The third kappa shape index (κ3) is 7.20. The third-order valence-corrected chi connectivity index (χ3v) is 4.65. The Kier molecular flexibility index (Phi) is 7.74. The van der Waals surface area contributed by atoms with Crippen LogP contribution in [0.2, 0.25) is 5.15 Å². The van der Waals surface area contributed by atoms with Crippen molar-refractivity contribution in [1.82, 2.24) is 20.6 Å². The molecule has 0 radical (unpaired) electrons. The molecule has 0 atom stereocenters. The van der Waals surface area contributed by atoms with Gasteiger partial charge >= 0.3 is 0 Å². The van der Waals surface area contributed by atoms with Crippen LogP contribution in [0.25, 0.3) is 0 Å². The Morgan fingerprint density at radius 3 is 2.28 bits per heavy atom. The summed E-state index contributed by atoms with van der Waals surface area (Å²) >= 11 is 5.80. The van der Waals surface area contributed by atoms with Gasteiger partial charge in [-0.15, -0.1) is 0 Å². The van der Waals surface area contributed by atoms with E-state index in [1.165, 1.54) is 0 Å². The number of nitrogens with one attached hydrogen (secondary N) is 2. The van der Waals surface area contributed by atoms with Crippen molar-refractivity contribution in [3.8, 4) is 0 Å². The van der Waals surface area contributed by atoms with Gasteiger partial charge in [0, 0.05) is 0 Å². The molecular weight excluding hydrogens is 394 g/mol. The lowest BCUT2D eigenvalue weighted by Crippen LogP contribution is -2.49. The lowest BCUT2D eigenvalue weighted by atomic mass is 10.1. The predicted molar refractivity (Wildman–Crippen MR) is 113 cm³/mol. The number of benzene rings is 1. The first-order chi connectivity index (χ1) is 13.7. The number of nitrogens with zero attached hydrogens (tertiary/aromatic N) is 3. The highest BCUT2D eigenvalue weighted by molar-refractivity contribution is 6.31. The molecule has 1 aromatic carbocycles. The normalized spacial score (nSPS) is 11.1. The number of hydrogen-bond donors (Lipinski definition) is 4. The molecule has 0 aliphatic rings. The molecule has 2 amide bonds. The first-order valence-corrected chi connectivity index (χ1v) is 9.55. The molecule has 1 aromatic heterocycles. The maximum Gasteiger partial charge on any atom is 0.273 e. The number of aromatic nitrogens is 2. The van der Waals surface area contributed by atoms with Crippen LogP contribution in [-0.2, 0) is 11.2 Å². The molecule has 0 spiro atoms. The average Bonchev–Trinajstić information content (AvgIpc) is 2.65. The Hall–Kier alpha value is -2.91. The van der Waals surface area contributed by atoms with Gasteiger partial charge in [0.25, 0.3) is 5.91 Å². The topological polar surface area (TPSA) is 136 Å². The highest BCUT2D eigenvalue weighted by atomic mass is 35.5. The average molecular weight is 421 g/mol. The fourth-order valence-electron chi connectivity index (χ4n) is 2.62. The zero-order valence-corrected chi connectivity index (χ0v) is 17.4. The standard InChI is InChI=1S/C19H26ClN7O2/c1-27(2,10-8-23-14(28)12-13-6-4-3-5-7-13)11-9-24-19(29)15-17(21)26-18(22)16(20)25-15/h3-7H,8-12H2,1-2H3,(H5-,21,22,23,24,26,28,29)/p+1. The van der Waals surface area contributed by atoms with E-state index in [2.05, 4.69) is 20.6 Å². The summed E-state index contributed by atoms with van der Waals surface area (Å²) in [5, 5.41) is 5.62. The van der Waals surface area contributed by atoms with Crippen LogP contribution in [0.5, 0.6) is 0 Å². The Labute approximate surface area is 175 Å². The monoisotopic (exact) mass is 420 g/mol. The van der Waals surface area contributed by atoms with E-state index in [0.717, 1.165) is 5.56 Å². The SMILES string of the molecule is C[N+](C)(CCNC(=O)Cc1ccccc1)CCNC(=O)c1nc(Cl)c(N)nc1N. The second-order valence-corrected chi connectivity index (χ2v) is 7.64. The van der Waals surface area contributed by atoms with Crippen molar-refractivity contribution in [2.75, 3.05) is 51.7 Å². The quantitative estimate of drug-likeness (QED) is 0.435. The Morgan fingerprint density at radius 2 is 1.62 bits per heavy atom. The summed E-state index contributed by atoms with van der Waals surface area (Å²) in [6, 6.07) is 9.59. The minimum Gasteiger partial charge on any atom is -0.382 e. The summed E-state index contributed by atoms with van der Waals surface area (Å²) in [5.41, 5.74) is 12.1. The molecule has 6 N–H and O–H groups in total. The summed E-state index contributed by atoms with van der Waals surface area (Å²) in [7, 11) is 4.04. The Morgan fingerprint density at radius 1 is 1.00 bits per heavy atom. The summed E-state index contributed by atoms with van der Waals surface area (Å²) in [6.45, 7) is 2.30. The van der Waals surface area contributed by atoms with Crippen molar-refractivity contribution < 1.29 is 14.1 Å². The number of nitrogens with two attached hydrogens (primary N) is 2. The van der Waals surface area contributed by atoms with Crippen molar-refractivity contribution in [2.45, 2.75) is 6.42 Å². The van der Waals surface area contributed by atoms with E-state index >= 15 is 0 Å². The van der Waals surface area contributed by atoms with Crippen LogP contribution >= 0.6 is 11.6 Å². The number of halogens is 1. The van der Waals surface area contributed by atoms with Crippen LogP contribution in [0, 0.1) is 0 Å². The minimum absolute atomic E-state index is 0.0150. The number of quaternary nitrogens is 1. The number of anilines is 2.